The first-order chi connectivity index (χ1) is 18.4. The fourth-order valence-electron chi connectivity index (χ4n) is 4.05. The fourth-order valence-corrected chi connectivity index (χ4v) is 5.00. The van der Waals surface area contributed by atoms with Gasteiger partial charge in [0.05, 0.1) is 29.2 Å². The number of rotatable bonds is 10. The fraction of sp³-hybridized carbons (Fsp3) is 0.407. The number of anilines is 2. The zero-order valence-electron chi connectivity index (χ0n) is 21.0. The van der Waals surface area contributed by atoms with Crippen molar-refractivity contribution in [2.45, 2.75) is 45.1 Å². The number of halogens is 1. The molecule has 2 aromatic heterocycles. The van der Waals surface area contributed by atoms with Crippen molar-refractivity contribution < 1.29 is 19.8 Å². The third-order valence-electron chi connectivity index (χ3n) is 6.33. The monoisotopic (exact) mass is 557 g/mol. The van der Waals surface area contributed by atoms with Crippen LogP contribution in [0.4, 0.5) is 10.8 Å². The maximum Gasteiger partial charge on any atom is 0.303 e. The van der Waals surface area contributed by atoms with Gasteiger partial charge in [0, 0.05) is 24.7 Å². The molecular formula is C27H32ClN5O4S. The highest BCUT2D eigenvalue weighted by molar-refractivity contribution is 7.14. The second kappa shape index (κ2) is 13.5. The topological polar surface area (TPSA) is 136 Å². The van der Waals surface area contributed by atoms with Crippen LogP contribution in [-0.4, -0.2) is 51.8 Å². The standard InChI is InChI=1S/C23H26ClN5S.C4H6O4/c24-19-5-4-17-7-9-25-10-8-18(17)22(19)27-13-16-3-6-20(26-12-16)21-14-30-23(29-21)28-11-15-1-2-15;5-3(6)1-2-4(7)8/h3-6,12,14-15,25,27H,1-2,7-11,13H2,(H,28,29);1-2H2,(H,5,6)(H,7,8). The van der Waals surface area contributed by atoms with Gasteiger partial charge in [0.1, 0.15) is 5.69 Å². The Kier molecular flexibility index (Phi) is 9.91. The van der Waals surface area contributed by atoms with Crippen LogP contribution in [0.1, 0.15) is 42.4 Å². The van der Waals surface area contributed by atoms with E-state index in [0.29, 0.717) is 6.54 Å². The number of aromatic nitrogens is 2. The van der Waals surface area contributed by atoms with Crippen molar-refractivity contribution in [2.75, 3.05) is 30.3 Å². The number of carboxylic acids is 2. The summed E-state index contributed by atoms with van der Waals surface area (Å²) in [5.41, 5.74) is 6.75. The molecule has 3 aromatic rings. The smallest absolute Gasteiger partial charge is 0.303 e. The Morgan fingerprint density at radius 2 is 1.79 bits per heavy atom. The van der Waals surface area contributed by atoms with Crippen LogP contribution in [0.5, 0.6) is 0 Å². The lowest BCUT2D eigenvalue weighted by atomic mass is 10.0. The molecule has 11 heteroatoms. The van der Waals surface area contributed by atoms with Gasteiger partial charge in [0.25, 0.3) is 0 Å². The number of hydrogen-bond acceptors (Lipinski definition) is 8. The lowest BCUT2D eigenvalue weighted by Crippen LogP contribution is -2.16. The summed E-state index contributed by atoms with van der Waals surface area (Å²) in [6, 6.07) is 8.33. The largest absolute Gasteiger partial charge is 0.481 e. The van der Waals surface area contributed by atoms with Crippen LogP contribution in [0.15, 0.2) is 35.8 Å². The van der Waals surface area contributed by atoms with Gasteiger partial charge in [-0.05, 0) is 73.5 Å². The van der Waals surface area contributed by atoms with Gasteiger partial charge in [-0.3, -0.25) is 14.6 Å². The van der Waals surface area contributed by atoms with Gasteiger partial charge in [-0.1, -0.05) is 23.7 Å². The molecule has 0 unspecified atom stereocenters. The minimum absolute atomic E-state index is 0.296. The van der Waals surface area contributed by atoms with Gasteiger partial charge in [-0.25, -0.2) is 4.98 Å². The van der Waals surface area contributed by atoms with E-state index in [1.54, 1.807) is 11.3 Å². The van der Waals surface area contributed by atoms with Gasteiger partial charge in [0.15, 0.2) is 5.13 Å². The summed E-state index contributed by atoms with van der Waals surface area (Å²) in [4.78, 5) is 28.6. The van der Waals surface area contributed by atoms with E-state index >= 15 is 0 Å². The van der Waals surface area contributed by atoms with E-state index in [1.165, 1.54) is 24.0 Å². The number of carboxylic acid groups (broad SMARTS) is 2. The number of nitrogens with one attached hydrogen (secondary N) is 3. The molecule has 1 saturated carbocycles. The summed E-state index contributed by atoms with van der Waals surface area (Å²) < 4.78 is 0. The molecule has 0 atom stereocenters. The maximum atomic E-state index is 9.64. The molecular weight excluding hydrogens is 526 g/mol. The molecule has 0 bridgehead atoms. The molecule has 0 amide bonds. The molecule has 0 spiro atoms. The maximum absolute atomic E-state index is 9.64. The van der Waals surface area contributed by atoms with Crippen molar-refractivity contribution >= 4 is 45.7 Å². The first kappa shape index (κ1) is 27.8. The number of aliphatic carboxylic acids is 2. The Balaban J connectivity index is 0.000000368. The number of hydrogen-bond donors (Lipinski definition) is 5. The molecule has 1 aliphatic heterocycles. The third kappa shape index (κ3) is 8.41. The second-order valence-corrected chi connectivity index (χ2v) is 10.6. The Hall–Kier alpha value is -3.21. The summed E-state index contributed by atoms with van der Waals surface area (Å²) in [5, 5.41) is 30.1. The molecule has 9 nitrogen and oxygen atoms in total. The predicted octanol–water partition coefficient (Wildman–Crippen LogP) is 4.92. The molecule has 1 fully saturated rings. The van der Waals surface area contributed by atoms with Crippen molar-refractivity contribution in [2.24, 2.45) is 5.92 Å². The summed E-state index contributed by atoms with van der Waals surface area (Å²) in [5.74, 6) is -1.31. The lowest BCUT2D eigenvalue weighted by Gasteiger charge is -2.16. The van der Waals surface area contributed by atoms with E-state index in [9.17, 15) is 9.59 Å². The van der Waals surface area contributed by atoms with Crippen molar-refractivity contribution in [1.29, 1.82) is 0 Å². The molecule has 0 saturated heterocycles. The SMILES string of the molecule is Clc1ccc2c(c1NCc1ccc(-c3csc(NCC4CC4)n3)nc1)CCNCC2.O=C(O)CCC(=O)O. The van der Waals surface area contributed by atoms with Gasteiger partial charge >= 0.3 is 11.9 Å². The van der Waals surface area contributed by atoms with Gasteiger partial charge in [-0.15, -0.1) is 11.3 Å². The van der Waals surface area contributed by atoms with E-state index in [4.69, 9.17) is 21.8 Å². The quantitative estimate of drug-likeness (QED) is 0.235. The number of nitrogens with zero attached hydrogens (tertiary/aromatic N) is 2. The molecule has 5 N–H and O–H groups in total. The number of fused-ring (bicyclic) bond motifs is 1. The summed E-state index contributed by atoms with van der Waals surface area (Å²) in [6.45, 7) is 3.74. The average molecular weight is 558 g/mol. The van der Waals surface area contributed by atoms with Crippen molar-refractivity contribution in [3.05, 3.63) is 57.6 Å². The molecule has 0 radical (unpaired) electrons. The molecule has 3 heterocycles. The van der Waals surface area contributed by atoms with Crippen molar-refractivity contribution in [3.8, 4) is 11.4 Å². The Labute approximate surface area is 230 Å². The Morgan fingerprint density at radius 1 is 1.03 bits per heavy atom. The van der Waals surface area contributed by atoms with E-state index < -0.39 is 11.9 Å². The lowest BCUT2D eigenvalue weighted by molar-refractivity contribution is -0.143. The Bertz CT molecular complexity index is 1230. The minimum Gasteiger partial charge on any atom is -0.481 e. The average Bonchev–Trinajstić information content (AvgIpc) is 3.67. The van der Waals surface area contributed by atoms with Gasteiger partial charge in [-0.2, -0.15) is 0 Å². The van der Waals surface area contributed by atoms with Crippen LogP contribution in [-0.2, 0) is 29.0 Å². The third-order valence-corrected chi connectivity index (χ3v) is 7.45. The zero-order chi connectivity index (χ0) is 26.9. The molecule has 1 aliphatic carbocycles. The number of carbonyl (C=O) groups is 2. The van der Waals surface area contributed by atoms with E-state index in [-0.39, 0.29) is 12.8 Å². The van der Waals surface area contributed by atoms with E-state index in [0.717, 1.165) is 71.2 Å². The number of thiazole rings is 1. The highest BCUT2D eigenvalue weighted by Gasteiger charge is 2.21. The molecule has 5 rings (SSSR count). The van der Waals surface area contributed by atoms with Crippen LogP contribution < -0.4 is 16.0 Å². The minimum atomic E-state index is -1.08. The molecule has 38 heavy (non-hydrogen) atoms. The van der Waals surface area contributed by atoms with Gasteiger partial charge < -0.3 is 26.2 Å². The van der Waals surface area contributed by atoms with Gasteiger partial charge in [0.2, 0.25) is 0 Å². The zero-order valence-corrected chi connectivity index (χ0v) is 22.6. The summed E-state index contributed by atoms with van der Waals surface area (Å²) in [6.07, 6.45) is 6.06. The molecule has 202 valence electrons. The first-order valence-corrected chi connectivity index (χ1v) is 14.0. The van der Waals surface area contributed by atoms with Crippen LogP contribution in [0.2, 0.25) is 5.02 Å². The van der Waals surface area contributed by atoms with Crippen LogP contribution >= 0.6 is 22.9 Å². The van der Waals surface area contributed by atoms with E-state index in [1.807, 2.05) is 18.3 Å². The van der Waals surface area contributed by atoms with Crippen LogP contribution in [0.25, 0.3) is 11.4 Å². The Morgan fingerprint density at radius 3 is 2.47 bits per heavy atom. The van der Waals surface area contributed by atoms with E-state index in [2.05, 4.69) is 43.4 Å². The summed E-state index contributed by atoms with van der Waals surface area (Å²) >= 11 is 8.17. The van der Waals surface area contributed by atoms with Crippen molar-refractivity contribution in [3.63, 3.8) is 0 Å². The predicted molar refractivity (Wildman–Crippen MR) is 150 cm³/mol. The summed E-state index contributed by atoms with van der Waals surface area (Å²) in [7, 11) is 0. The second-order valence-electron chi connectivity index (χ2n) is 9.36. The highest BCUT2D eigenvalue weighted by Crippen LogP contribution is 2.32. The highest BCUT2D eigenvalue weighted by atomic mass is 35.5. The molecule has 1 aromatic carbocycles. The van der Waals surface area contributed by atoms with Crippen LogP contribution in [0, 0.1) is 5.92 Å². The van der Waals surface area contributed by atoms with Crippen LogP contribution in [0.3, 0.4) is 0 Å². The van der Waals surface area contributed by atoms with Crippen molar-refractivity contribution in [1.82, 2.24) is 15.3 Å². The number of benzene rings is 1. The number of pyridine rings is 1. The first-order valence-electron chi connectivity index (χ1n) is 12.7. The normalized spacial score (nSPS) is 14.4. The molecule has 2 aliphatic rings.